The van der Waals surface area contributed by atoms with Gasteiger partial charge in [0.2, 0.25) is 5.91 Å². The lowest BCUT2D eigenvalue weighted by Gasteiger charge is -2.15. The highest BCUT2D eigenvalue weighted by molar-refractivity contribution is 6.36. The zero-order valence-electron chi connectivity index (χ0n) is 21.3. The summed E-state index contributed by atoms with van der Waals surface area (Å²) in [6, 6.07) is 4.38. The molecule has 5 N–H and O–H groups in total. The molecule has 0 aliphatic rings. The zero-order valence-corrected chi connectivity index (χ0v) is 22.0. The minimum absolute atomic E-state index is 0.0110. The van der Waals surface area contributed by atoms with Gasteiger partial charge in [-0.15, -0.1) is 0 Å². The van der Waals surface area contributed by atoms with Gasteiger partial charge in [0, 0.05) is 31.7 Å². The molecule has 0 saturated heterocycles. The normalized spacial score (nSPS) is 11.1. The maximum atomic E-state index is 13.7. The van der Waals surface area contributed by atoms with E-state index >= 15 is 0 Å². The van der Waals surface area contributed by atoms with Crippen molar-refractivity contribution in [2.45, 2.75) is 12.7 Å². The van der Waals surface area contributed by atoms with Gasteiger partial charge < -0.3 is 26.4 Å². The highest BCUT2D eigenvalue weighted by atomic mass is 35.5. The molecule has 0 aliphatic heterocycles. The quantitative estimate of drug-likeness (QED) is 0.184. The summed E-state index contributed by atoms with van der Waals surface area (Å²) in [7, 11) is 0. The van der Waals surface area contributed by atoms with Crippen LogP contribution in [0.1, 0.15) is 16.1 Å². The van der Waals surface area contributed by atoms with E-state index in [4.69, 9.17) is 27.3 Å². The topological polar surface area (TPSA) is 194 Å². The average Bonchev–Trinajstić information content (AvgIpc) is 3.58. The zero-order chi connectivity index (χ0) is 30.4. The number of carbonyl (C=O) groups excluding carboxylic acids is 3. The molecule has 3 heterocycles. The first-order chi connectivity index (χ1) is 20.1. The number of nitrogens with two attached hydrogens (primary N) is 1. The number of rotatable bonds is 11. The molecule has 42 heavy (non-hydrogen) atoms. The lowest BCUT2D eigenvalue weighted by molar-refractivity contribution is -0.141. The van der Waals surface area contributed by atoms with Gasteiger partial charge in [-0.25, -0.2) is 9.97 Å². The summed E-state index contributed by atoms with van der Waals surface area (Å²) in [6.07, 6.45) is 0.112. The van der Waals surface area contributed by atoms with Crippen molar-refractivity contribution in [1.29, 1.82) is 5.26 Å². The largest absolute Gasteiger partial charge is 0.435 e. The van der Waals surface area contributed by atoms with Gasteiger partial charge in [-0.1, -0.05) is 11.6 Å². The maximum absolute atomic E-state index is 13.7. The van der Waals surface area contributed by atoms with Gasteiger partial charge in [0.15, 0.2) is 22.9 Å². The SMILES string of the molecule is N#CCn1cc(-c2cnc3c(Nc4ccc(C(=O)NCC(=O)NCCN)c(Cl)c4OC=O)nccn23)c(C(F)(F)F)n1. The van der Waals surface area contributed by atoms with Crippen LogP contribution in [-0.2, 0) is 22.3 Å². The third-order valence-electron chi connectivity index (χ3n) is 5.60. The second kappa shape index (κ2) is 12.5. The van der Waals surface area contributed by atoms with Crippen molar-refractivity contribution in [3.8, 4) is 23.1 Å². The third-order valence-corrected chi connectivity index (χ3v) is 5.98. The van der Waals surface area contributed by atoms with Crippen LogP contribution in [0.25, 0.3) is 16.9 Å². The molecular weight excluding hydrogens is 585 g/mol. The number of imidazole rings is 1. The monoisotopic (exact) mass is 604 g/mol. The fraction of sp³-hybridized carbons (Fsp3) is 0.208. The highest BCUT2D eigenvalue weighted by Crippen LogP contribution is 2.39. The van der Waals surface area contributed by atoms with Gasteiger partial charge in [0.05, 0.1) is 46.3 Å². The Hall–Kier alpha value is -5.21. The van der Waals surface area contributed by atoms with E-state index in [0.717, 1.165) is 10.9 Å². The van der Waals surface area contributed by atoms with Crippen LogP contribution in [0.15, 0.2) is 36.9 Å². The molecule has 4 aromatic rings. The van der Waals surface area contributed by atoms with Crippen molar-refractivity contribution >= 4 is 47.0 Å². The van der Waals surface area contributed by atoms with E-state index < -0.39 is 30.2 Å². The van der Waals surface area contributed by atoms with Crippen molar-refractivity contribution in [1.82, 2.24) is 34.8 Å². The molecule has 0 unspecified atom stereocenters. The van der Waals surface area contributed by atoms with Gasteiger partial charge in [-0.2, -0.15) is 23.5 Å². The predicted octanol–water partition coefficient (Wildman–Crippen LogP) is 1.87. The number of aromatic nitrogens is 5. The predicted molar refractivity (Wildman–Crippen MR) is 141 cm³/mol. The second-order valence-electron chi connectivity index (χ2n) is 8.32. The number of halogens is 4. The molecule has 14 nitrogen and oxygen atoms in total. The van der Waals surface area contributed by atoms with E-state index in [1.165, 1.54) is 35.1 Å². The van der Waals surface area contributed by atoms with Crippen LogP contribution in [0.5, 0.6) is 5.75 Å². The number of nitrogens with zero attached hydrogens (tertiary/aromatic N) is 6. The van der Waals surface area contributed by atoms with Crippen molar-refractivity contribution in [3.63, 3.8) is 0 Å². The summed E-state index contributed by atoms with van der Waals surface area (Å²) in [5.74, 6) is -1.45. The summed E-state index contributed by atoms with van der Waals surface area (Å²) >= 11 is 6.36. The van der Waals surface area contributed by atoms with E-state index in [-0.39, 0.29) is 70.9 Å². The highest BCUT2D eigenvalue weighted by Gasteiger charge is 2.38. The third kappa shape index (κ3) is 6.24. The second-order valence-corrected chi connectivity index (χ2v) is 8.70. The number of benzene rings is 1. The molecule has 18 heteroatoms. The van der Waals surface area contributed by atoms with Crippen LogP contribution in [0.2, 0.25) is 5.02 Å². The number of nitriles is 1. The Kier molecular flexibility index (Phi) is 8.88. The summed E-state index contributed by atoms with van der Waals surface area (Å²) in [4.78, 5) is 44.0. The molecule has 2 amide bonds. The number of fused-ring (bicyclic) bond motifs is 1. The molecule has 0 bridgehead atoms. The van der Waals surface area contributed by atoms with E-state index in [1.807, 2.05) is 0 Å². The Balaban J connectivity index is 1.67. The van der Waals surface area contributed by atoms with E-state index in [9.17, 15) is 27.6 Å². The van der Waals surface area contributed by atoms with Crippen molar-refractivity contribution in [3.05, 3.63) is 53.2 Å². The standard InChI is InChI=1S/C24H20ClF3N10O4/c25-18-13(23(41)34-10-17(40)31-5-3-29)1-2-15(19(18)42-12-39)35-21-22-33-9-16(38(22)8-6-32-21)14-11-37(7-4-30)36-20(14)24(26,27)28/h1-2,6,8-9,11-12H,3,5,7,10,29H2,(H,31,40)(H,32,35)(H,34,41). The molecule has 3 aromatic heterocycles. The molecule has 218 valence electrons. The minimum Gasteiger partial charge on any atom is -0.425 e. The van der Waals surface area contributed by atoms with Gasteiger partial charge in [0.1, 0.15) is 6.54 Å². The van der Waals surface area contributed by atoms with Gasteiger partial charge in [-0.05, 0) is 12.1 Å². The Morgan fingerprint density at radius 2 is 2.02 bits per heavy atom. The summed E-state index contributed by atoms with van der Waals surface area (Å²) in [5, 5.41) is 19.8. The number of carbonyl (C=O) groups is 3. The van der Waals surface area contributed by atoms with Gasteiger partial charge in [-0.3, -0.25) is 23.5 Å². The molecular formula is C24H20ClF3N10O4. The van der Waals surface area contributed by atoms with Crippen LogP contribution in [0, 0.1) is 11.3 Å². The lowest BCUT2D eigenvalue weighted by atomic mass is 10.1. The number of alkyl halides is 3. The van der Waals surface area contributed by atoms with Crippen LogP contribution in [0.3, 0.4) is 0 Å². The molecule has 0 fully saturated rings. The van der Waals surface area contributed by atoms with E-state index in [2.05, 4.69) is 31.0 Å². The van der Waals surface area contributed by atoms with Crippen LogP contribution < -0.4 is 26.4 Å². The average molecular weight is 605 g/mol. The van der Waals surface area contributed by atoms with Crippen molar-refractivity contribution < 1.29 is 32.3 Å². The summed E-state index contributed by atoms with van der Waals surface area (Å²) in [5.41, 5.74) is 3.83. The van der Waals surface area contributed by atoms with E-state index in [0.29, 0.717) is 0 Å². The van der Waals surface area contributed by atoms with Crippen molar-refractivity contribution in [2.24, 2.45) is 5.73 Å². The first kappa shape index (κ1) is 29.8. The molecule has 0 radical (unpaired) electrons. The van der Waals surface area contributed by atoms with Crippen molar-refractivity contribution in [2.75, 3.05) is 25.0 Å². The first-order valence-electron chi connectivity index (χ1n) is 11.9. The molecule has 0 atom stereocenters. The van der Waals surface area contributed by atoms with Crippen LogP contribution >= 0.6 is 11.6 Å². The fourth-order valence-corrected chi connectivity index (χ4v) is 4.12. The Labute approximate surface area is 239 Å². The van der Waals surface area contributed by atoms with Gasteiger partial charge >= 0.3 is 6.18 Å². The Morgan fingerprint density at radius 3 is 2.71 bits per heavy atom. The smallest absolute Gasteiger partial charge is 0.425 e. The first-order valence-corrected chi connectivity index (χ1v) is 12.3. The van der Waals surface area contributed by atoms with Crippen LogP contribution in [0.4, 0.5) is 24.7 Å². The minimum atomic E-state index is -4.81. The van der Waals surface area contributed by atoms with Gasteiger partial charge in [0.25, 0.3) is 12.4 Å². The van der Waals surface area contributed by atoms with E-state index in [1.54, 1.807) is 6.07 Å². The lowest BCUT2D eigenvalue weighted by Crippen LogP contribution is -2.38. The number of amides is 2. The summed E-state index contributed by atoms with van der Waals surface area (Å²) < 4.78 is 48.4. The maximum Gasteiger partial charge on any atom is 0.435 e. The number of nitrogens with one attached hydrogen (secondary N) is 3. The number of hydrogen-bond acceptors (Lipinski definition) is 10. The fourth-order valence-electron chi connectivity index (χ4n) is 3.83. The molecule has 4 rings (SSSR count). The molecule has 0 aliphatic carbocycles. The van der Waals surface area contributed by atoms with Crippen LogP contribution in [-0.4, -0.2) is 62.1 Å². The number of hydrogen-bond donors (Lipinski definition) is 4. The molecule has 1 aromatic carbocycles. The molecule has 0 saturated carbocycles. The Morgan fingerprint density at radius 1 is 1.24 bits per heavy atom. The summed E-state index contributed by atoms with van der Waals surface area (Å²) in [6.45, 7) is -0.243. The number of anilines is 2. The molecule has 0 spiro atoms. The Bertz CT molecular complexity index is 1700. The number of ether oxygens (including phenoxy) is 1.